The van der Waals surface area contributed by atoms with Gasteiger partial charge in [0.2, 0.25) is 0 Å². The van der Waals surface area contributed by atoms with E-state index in [0.717, 1.165) is 23.5 Å². The lowest BCUT2D eigenvalue weighted by atomic mass is 10.2. The minimum atomic E-state index is 0.347. The number of aromatic nitrogens is 2. The Balaban J connectivity index is 2.16. The van der Waals surface area contributed by atoms with Gasteiger partial charge in [0.25, 0.3) is 0 Å². The smallest absolute Gasteiger partial charge is 0.196 e. The van der Waals surface area contributed by atoms with Crippen LogP contribution in [-0.4, -0.2) is 16.5 Å². The molecule has 2 rings (SSSR count). The maximum Gasteiger partial charge on any atom is 0.196 e. The third-order valence-corrected chi connectivity index (χ3v) is 3.89. The van der Waals surface area contributed by atoms with Gasteiger partial charge in [-0.05, 0) is 36.0 Å². The van der Waals surface area contributed by atoms with Crippen molar-refractivity contribution in [2.45, 2.75) is 23.5 Å². The van der Waals surface area contributed by atoms with Gasteiger partial charge in [0.15, 0.2) is 5.16 Å². The molecule has 1 heterocycles. The fourth-order valence-electron chi connectivity index (χ4n) is 1.61. The Hall–Kier alpha value is -1.50. The number of halogens is 1. The summed E-state index contributed by atoms with van der Waals surface area (Å²) < 4.78 is 0. The van der Waals surface area contributed by atoms with E-state index in [1.165, 1.54) is 17.8 Å². The van der Waals surface area contributed by atoms with Crippen LogP contribution in [0.1, 0.15) is 12.5 Å². The summed E-state index contributed by atoms with van der Waals surface area (Å²) in [5.74, 6) is 0.694. The molecule has 5 nitrogen and oxygen atoms in total. The number of hydrogen-bond acceptors (Lipinski definition) is 6. The van der Waals surface area contributed by atoms with Crippen LogP contribution in [-0.2, 0) is 6.54 Å². The lowest BCUT2D eigenvalue weighted by molar-refractivity contribution is 0.726. The average Bonchev–Trinajstić information content (AvgIpc) is 2.38. The minimum absolute atomic E-state index is 0.347. The molecule has 0 aliphatic heterocycles. The zero-order valence-electron chi connectivity index (χ0n) is 11.1. The van der Waals surface area contributed by atoms with Crippen molar-refractivity contribution >= 4 is 35.0 Å². The van der Waals surface area contributed by atoms with E-state index in [-0.39, 0.29) is 0 Å². The van der Waals surface area contributed by atoms with Crippen molar-refractivity contribution in [3.8, 4) is 0 Å². The van der Waals surface area contributed by atoms with Crippen LogP contribution in [0.4, 0.5) is 11.6 Å². The molecule has 0 atom stereocenters. The Labute approximate surface area is 127 Å². The van der Waals surface area contributed by atoms with Gasteiger partial charge in [-0.2, -0.15) is 0 Å². The van der Waals surface area contributed by atoms with Crippen LogP contribution in [0.25, 0.3) is 0 Å². The van der Waals surface area contributed by atoms with Gasteiger partial charge < -0.3 is 16.8 Å². The SMILES string of the molecule is CCNCc1ccc(Sc2nc(N)cc(N)n2)c(Cl)c1. The highest BCUT2D eigenvalue weighted by atomic mass is 35.5. The maximum atomic E-state index is 6.27. The van der Waals surface area contributed by atoms with Crippen LogP contribution in [0.5, 0.6) is 0 Å². The van der Waals surface area contributed by atoms with Crippen LogP contribution in [0, 0.1) is 0 Å². The zero-order chi connectivity index (χ0) is 14.5. The lowest BCUT2D eigenvalue weighted by Gasteiger charge is -2.07. The predicted molar refractivity (Wildman–Crippen MR) is 83.8 cm³/mol. The van der Waals surface area contributed by atoms with E-state index in [0.29, 0.717) is 21.8 Å². The summed E-state index contributed by atoms with van der Waals surface area (Å²) in [6, 6.07) is 7.42. The van der Waals surface area contributed by atoms with Crippen LogP contribution >= 0.6 is 23.4 Å². The molecule has 1 aromatic carbocycles. The summed E-state index contributed by atoms with van der Waals surface area (Å²) in [6.07, 6.45) is 0. The molecule has 0 unspecified atom stereocenters. The molecule has 7 heteroatoms. The number of nitrogens with two attached hydrogens (primary N) is 2. The average molecular weight is 310 g/mol. The first-order valence-corrected chi connectivity index (χ1v) is 7.35. The van der Waals surface area contributed by atoms with Crippen molar-refractivity contribution in [3.63, 3.8) is 0 Å². The lowest BCUT2D eigenvalue weighted by Crippen LogP contribution is -2.11. The predicted octanol–water partition coefficient (Wildman–Crippen LogP) is 2.56. The quantitative estimate of drug-likeness (QED) is 0.735. The number of nitrogens with one attached hydrogen (secondary N) is 1. The minimum Gasteiger partial charge on any atom is -0.383 e. The fraction of sp³-hybridized carbons (Fsp3) is 0.231. The third kappa shape index (κ3) is 4.00. The molecule has 106 valence electrons. The molecule has 5 N–H and O–H groups in total. The zero-order valence-corrected chi connectivity index (χ0v) is 12.6. The molecule has 0 spiro atoms. The van der Waals surface area contributed by atoms with Crippen molar-refractivity contribution in [2.24, 2.45) is 0 Å². The topological polar surface area (TPSA) is 89.8 Å². The Morgan fingerprint density at radius 2 is 1.90 bits per heavy atom. The first-order valence-electron chi connectivity index (χ1n) is 6.15. The molecule has 0 aliphatic carbocycles. The van der Waals surface area contributed by atoms with Gasteiger partial charge in [-0.25, -0.2) is 9.97 Å². The maximum absolute atomic E-state index is 6.27. The Kier molecular flexibility index (Phi) is 5.05. The summed E-state index contributed by atoms with van der Waals surface area (Å²) in [6.45, 7) is 3.78. The van der Waals surface area contributed by atoms with E-state index in [1.54, 1.807) is 0 Å². The fourth-order valence-corrected chi connectivity index (χ4v) is 2.72. The highest BCUT2D eigenvalue weighted by Gasteiger charge is 2.07. The van der Waals surface area contributed by atoms with Crippen molar-refractivity contribution in [3.05, 3.63) is 34.9 Å². The van der Waals surface area contributed by atoms with Crippen LogP contribution in [0.15, 0.2) is 34.3 Å². The molecule has 0 radical (unpaired) electrons. The monoisotopic (exact) mass is 309 g/mol. The Morgan fingerprint density at radius 3 is 2.50 bits per heavy atom. The first-order chi connectivity index (χ1) is 9.58. The molecule has 2 aromatic rings. The van der Waals surface area contributed by atoms with Crippen molar-refractivity contribution in [2.75, 3.05) is 18.0 Å². The summed E-state index contributed by atoms with van der Waals surface area (Å²) in [7, 11) is 0. The molecule has 0 fully saturated rings. The second-order valence-corrected chi connectivity index (χ2v) is 5.56. The molecular formula is C13H16ClN5S. The van der Waals surface area contributed by atoms with Crippen LogP contribution < -0.4 is 16.8 Å². The molecule has 0 saturated carbocycles. The first kappa shape index (κ1) is 14.9. The van der Waals surface area contributed by atoms with Gasteiger partial charge in [0, 0.05) is 17.5 Å². The van der Waals surface area contributed by atoms with E-state index in [1.807, 2.05) is 18.2 Å². The van der Waals surface area contributed by atoms with Crippen molar-refractivity contribution < 1.29 is 0 Å². The summed E-state index contributed by atoms with van der Waals surface area (Å²) in [5.41, 5.74) is 12.4. The van der Waals surface area contributed by atoms with Crippen LogP contribution in [0.2, 0.25) is 5.02 Å². The summed E-state index contributed by atoms with van der Waals surface area (Å²) in [5, 5.41) is 4.40. The number of benzene rings is 1. The van der Waals surface area contributed by atoms with Gasteiger partial charge in [-0.15, -0.1) is 0 Å². The van der Waals surface area contributed by atoms with Crippen molar-refractivity contribution in [1.29, 1.82) is 0 Å². The van der Waals surface area contributed by atoms with Crippen molar-refractivity contribution in [1.82, 2.24) is 15.3 Å². The standard InChI is InChI=1S/C13H16ClN5S/c1-2-17-7-8-3-4-10(9(14)5-8)20-13-18-11(15)6-12(16)19-13/h3-6,17H,2,7H2,1H3,(H4,15,16,18,19). The number of rotatable bonds is 5. The summed E-state index contributed by atoms with van der Waals surface area (Å²) in [4.78, 5) is 9.11. The Morgan fingerprint density at radius 1 is 1.20 bits per heavy atom. The third-order valence-electron chi connectivity index (χ3n) is 2.52. The molecule has 0 saturated heterocycles. The second kappa shape index (κ2) is 6.78. The number of nitrogens with zero attached hydrogens (tertiary/aromatic N) is 2. The second-order valence-electron chi connectivity index (χ2n) is 4.15. The molecule has 0 aliphatic rings. The van der Waals surface area contributed by atoms with Gasteiger partial charge >= 0.3 is 0 Å². The normalized spacial score (nSPS) is 10.7. The molecule has 0 amide bonds. The van der Waals surface area contributed by atoms with Gasteiger partial charge in [-0.1, -0.05) is 24.6 Å². The molecular weight excluding hydrogens is 294 g/mol. The number of anilines is 2. The summed E-state index contributed by atoms with van der Waals surface area (Å²) >= 11 is 7.61. The largest absolute Gasteiger partial charge is 0.383 e. The molecule has 0 bridgehead atoms. The number of hydrogen-bond donors (Lipinski definition) is 3. The number of nitrogen functional groups attached to an aromatic ring is 2. The van der Waals surface area contributed by atoms with Gasteiger partial charge in [0.1, 0.15) is 11.6 Å². The van der Waals surface area contributed by atoms with E-state index < -0.39 is 0 Å². The van der Waals surface area contributed by atoms with Crippen LogP contribution in [0.3, 0.4) is 0 Å². The van der Waals surface area contributed by atoms with E-state index in [2.05, 4.69) is 22.2 Å². The van der Waals surface area contributed by atoms with E-state index >= 15 is 0 Å². The van der Waals surface area contributed by atoms with Gasteiger partial charge in [0.05, 0.1) is 5.02 Å². The van der Waals surface area contributed by atoms with E-state index in [9.17, 15) is 0 Å². The van der Waals surface area contributed by atoms with E-state index in [4.69, 9.17) is 23.1 Å². The molecule has 1 aromatic heterocycles. The molecule has 20 heavy (non-hydrogen) atoms. The highest BCUT2D eigenvalue weighted by molar-refractivity contribution is 7.99. The Bertz CT molecular complexity index is 585. The highest BCUT2D eigenvalue weighted by Crippen LogP contribution is 2.32. The van der Waals surface area contributed by atoms with Gasteiger partial charge in [-0.3, -0.25) is 0 Å².